The number of nitrogens with zero attached hydrogens (tertiary/aromatic N) is 1. The highest BCUT2D eigenvalue weighted by molar-refractivity contribution is 6.38. The van der Waals surface area contributed by atoms with E-state index in [9.17, 15) is 14.4 Å². The second-order valence-corrected chi connectivity index (χ2v) is 6.62. The van der Waals surface area contributed by atoms with E-state index in [4.69, 9.17) is 4.74 Å². The Hall–Kier alpha value is -3.87. The molecule has 0 radical (unpaired) electrons. The quantitative estimate of drug-likeness (QED) is 0.500. The Kier molecular flexibility index (Phi) is 4.87. The summed E-state index contributed by atoms with van der Waals surface area (Å²) >= 11 is 0. The summed E-state index contributed by atoms with van der Waals surface area (Å²) in [6, 6.07) is 16.8. The molecule has 2 aromatic carbocycles. The van der Waals surface area contributed by atoms with Crippen LogP contribution in [0.15, 0.2) is 66.5 Å². The molecule has 0 saturated heterocycles. The number of para-hydroxylation sites is 2. The Labute approximate surface area is 167 Å². The van der Waals surface area contributed by atoms with Crippen LogP contribution >= 0.6 is 0 Å². The number of aromatic nitrogens is 1. The number of imide groups is 1. The lowest BCUT2D eigenvalue weighted by molar-refractivity contribution is -0.141. The van der Waals surface area contributed by atoms with Gasteiger partial charge in [-0.3, -0.25) is 19.7 Å². The maximum Gasteiger partial charge on any atom is 0.302 e. The van der Waals surface area contributed by atoms with Crippen LogP contribution in [0.5, 0.6) is 0 Å². The smallest absolute Gasteiger partial charge is 0.302 e. The summed E-state index contributed by atoms with van der Waals surface area (Å²) in [5.74, 6) is -1.26. The van der Waals surface area contributed by atoms with Crippen molar-refractivity contribution in [2.24, 2.45) is 0 Å². The lowest BCUT2D eigenvalue weighted by atomic mass is 10.0. The summed E-state index contributed by atoms with van der Waals surface area (Å²) in [4.78, 5) is 36.1. The summed E-state index contributed by atoms with van der Waals surface area (Å²) in [7, 11) is 0. The first-order valence-electron chi connectivity index (χ1n) is 9.18. The molecule has 4 rings (SSSR count). The monoisotopic (exact) mass is 389 g/mol. The highest BCUT2D eigenvalue weighted by Crippen LogP contribution is 2.32. The van der Waals surface area contributed by atoms with Crippen LogP contribution in [0.4, 0.5) is 5.69 Å². The molecule has 0 atom stereocenters. The van der Waals surface area contributed by atoms with Crippen molar-refractivity contribution < 1.29 is 19.1 Å². The van der Waals surface area contributed by atoms with Gasteiger partial charge in [-0.25, -0.2) is 0 Å². The van der Waals surface area contributed by atoms with E-state index in [1.54, 1.807) is 0 Å². The van der Waals surface area contributed by atoms with Gasteiger partial charge in [0.05, 0.1) is 12.1 Å². The molecule has 29 heavy (non-hydrogen) atoms. The average molecular weight is 389 g/mol. The fourth-order valence-corrected chi connectivity index (χ4v) is 3.42. The Morgan fingerprint density at radius 2 is 1.76 bits per heavy atom. The van der Waals surface area contributed by atoms with Crippen LogP contribution in [0.2, 0.25) is 0 Å². The largest absolute Gasteiger partial charge is 0.464 e. The van der Waals surface area contributed by atoms with Crippen molar-refractivity contribution in [3.63, 3.8) is 0 Å². The number of carbonyl (C=O) groups is 3. The fourth-order valence-electron chi connectivity index (χ4n) is 3.42. The van der Waals surface area contributed by atoms with E-state index < -0.39 is 11.8 Å². The topological polar surface area (TPSA) is 89.4 Å². The van der Waals surface area contributed by atoms with Crippen molar-refractivity contribution in [1.82, 2.24) is 9.88 Å². The van der Waals surface area contributed by atoms with Gasteiger partial charge in [-0.05, 0) is 18.2 Å². The number of benzene rings is 2. The minimum absolute atomic E-state index is 0.212. The van der Waals surface area contributed by atoms with Gasteiger partial charge in [-0.2, -0.15) is 0 Å². The number of fused-ring (bicyclic) bond motifs is 1. The minimum atomic E-state index is -0.467. The van der Waals surface area contributed by atoms with Crippen molar-refractivity contribution in [2.45, 2.75) is 13.5 Å². The van der Waals surface area contributed by atoms with Gasteiger partial charge in [-0.1, -0.05) is 36.4 Å². The molecule has 3 aromatic rings. The highest BCUT2D eigenvalue weighted by atomic mass is 16.5. The van der Waals surface area contributed by atoms with Gasteiger partial charge in [0.2, 0.25) is 0 Å². The molecule has 0 bridgehead atoms. The van der Waals surface area contributed by atoms with E-state index in [-0.39, 0.29) is 18.3 Å². The number of anilines is 1. The molecule has 1 aliphatic rings. The van der Waals surface area contributed by atoms with Crippen LogP contribution in [-0.2, 0) is 25.7 Å². The Morgan fingerprint density at radius 3 is 2.52 bits per heavy atom. The first-order chi connectivity index (χ1) is 14.0. The molecular weight excluding hydrogens is 370 g/mol. The Bertz CT molecular complexity index is 1150. The molecule has 0 unspecified atom stereocenters. The number of carbonyl (C=O) groups excluding carboxylic acids is 3. The SMILES string of the molecule is CC(=O)OCCn1cc(C2=C(Nc3ccccc3)C(=O)NC2=O)c2ccccc21. The third-order valence-corrected chi connectivity index (χ3v) is 4.67. The molecule has 2 N–H and O–H groups in total. The van der Waals surface area contributed by atoms with Crippen LogP contribution in [0.1, 0.15) is 12.5 Å². The number of amides is 2. The lowest BCUT2D eigenvalue weighted by Crippen LogP contribution is -2.24. The minimum Gasteiger partial charge on any atom is -0.464 e. The van der Waals surface area contributed by atoms with Gasteiger partial charge in [0.25, 0.3) is 11.8 Å². The van der Waals surface area contributed by atoms with Gasteiger partial charge in [-0.15, -0.1) is 0 Å². The molecular formula is C22H19N3O4. The highest BCUT2D eigenvalue weighted by Gasteiger charge is 2.33. The first-order valence-corrected chi connectivity index (χ1v) is 9.18. The maximum absolute atomic E-state index is 12.6. The van der Waals surface area contributed by atoms with Crippen molar-refractivity contribution in [2.75, 3.05) is 11.9 Å². The zero-order valence-corrected chi connectivity index (χ0v) is 15.8. The number of hydrogen-bond acceptors (Lipinski definition) is 5. The van der Waals surface area contributed by atoms with E-state index in [1.165, 1.54) is 6.92 Å². The van der Waals surface area contributed by atoms with Crippen molar-refractivity contribution in [1.29, 1.82) is 0 Å². The van der Waals surface area contributed by atoms with Crippen LogP contribution in [0, 0.1) is 0 Å². The van der Waals surface area contributed by atoms with Gasteiger partial charge in [0.15, 0.2) is 0 Å². The summed E-state index contributed by atoms with van der Waals surface area (Å²) in [5, 5.41) is 6.28. The number of ether oxygens (including phenoxy) is 1. The van der Waals surface area contributed by atoms with Gasteiger partial charge < -0.3 is 14.6 Å². The molecule has 2 heterocycles. The van der Waals surface area contributed by atoms with E-state index in [0.717, 1.165) is 10.9 Å². The predicted octanol–water partition coefficient (Wildman–Crippen LogP) is 2.68. The normalized spacial score (nSPS) is 13.7. The predicted molar refractivity (Wildman–Crippen MR) is 109 cm³/mol. The molecule has 7 nitrogen and oxygen atoms in total. The molecule has 0 saturated carbocycles. The van der Waals surface area contributed by atoms with E-state index in [1.807, 2.05) is 65.4 Å². The summed E-state index contributed by atoms with van der Waals surface area (Å²) in [6.45, 7) is 2.01. The van der Waals surface area contributed by atoms with Crippen LogP contribution in [0.25, 0.3) is 16.5 Å². The lowest BCUT2D eigenvalue weighted by Gasteiger charge is -2.07. The Balaban J connectivity index is 1.80. The molecule has 0 aliphatic carbocycles. The Morgan fingerprint density at radius 1 is 1.03 bits per heavy atom. The number of esters is 1. The summed E-state index contributed by atoms with van der Waals surface area (Å²) in [6.07, 6.45) is 1.81. The average Bonchev–Trinajstić information content (AvgIpc) is 3.19. The first kappa shape index (κ1) is 18.5. The third-order valence-electron chi connectivity index (χ3n) is 4.67. The maximum atomic E-state index is 12.6. The van der Waals surface area contributed by atoms with E-state index >= 15 is 0 Å². The second kappa shape index (κ2) is 7.63. The van der Waals surface area contributed by atoms with Gasteiger partial charge in [0.1, 0.15) is 12.3 Å². The summed E-state index contributed by atoms with van der Waals surface area (Å²) < 4.78 is 6.96. The molecule has 0 fully saturated rings. The standard InChI is InChI=1S/C22H19N3O4/c1-14(26)29-12-11-25-13-17(16-9-5-6-10-18(16)25)19-20(22(28)24-21(19)27)23-15-7-3-2-4-8-15/h2-10,13H,11-12H2,1H3,(H2,23,24,27,28). The van der Waals surface area contributed by atoms with Crippen molar-refractivity contribution in [3.05, 3.63) is 72.1 Å². The molecule has 2 amide bonds. The summed E-state index contributed by atoms with van der Waals surface area (Å²) in [5.41, 5.74) is 2.74. The molecule has 1 aromatic heterocycles. The zero-order chi connectivity index (χ0) is 20.4. The molecule has 7 heteroatoms. The number of rotatable bonds is 6. The van der Waals surface area contributed by atoms with Crippen LogP contribution < -0.4 is 10.6 Å². The number of hydrogen-bond donors (Lipinski definition) is 2. The van der Waals surface area contributed by atoms with Crippen molar-refractivity contribution >= 4 is 39.9 Å². The van der Waals surface area contributed by atoms with Crippen molar-refractivity contribution in [3.8, 4) is 0 Å². The molecule has 0 spiro atoms. The third kappa shape index (κ3) is 3.62. The van der Waals surface area contributed by atoms with Crippen LogP contribution in [0.3, 0.4) is 0 Å². The van der Waals surface area contributed by atoms with Gasteiger partial charge >= 0.3 is 5.97 Å². The van der Waals surface area contributed by atoms with E-state index in [2.05, 4.69) is 10.6 Å². The zero-order valence-electron chi connectivity index (χ0n) is 15.8. The second-order valence-electron chi connectivity index (χ2n) is 6.62. The van der Waals surface area contributed by atoms with E-state index in [0.29, 0.717) is 23.4 Å². The number of nitrogens with one attached hydrogen (secondary N) is 2. The fraction of sp³-hybridized carbons (Fsp3) is 0.136. The molecule has 146 valence electrons. The van der Waals surface area contributed by atoms with Crippen LogP contribution in [-0.4, -0.2) is 29.0 Å². The molecule has 1 aliphatic heterocycles. The van der Waals surface area contributed by atoms with Gasteiger partial charge in [0, 0.05) is 35.3 Å².